The zero-order chi connectivity index (χ0) is 13.4. The van der Waals surface area contributed by atoms with Crippen LogP contribution >= 0.6 is 0 Å². The first kappa shape index (κ1) is 14.3. The largest absolute Gasteiger partial charge is 0.316 e. The summed E-state index contributed by atoms with van der Waals surface area (Å²) in [4.78, 5) is 2.44. The van der Waals surface area contributed by atoms with Crippen LogP contribution < -0.4 is 5.32 Å². The van der Waals surface area contributed by atoms with Crippen molar-refractivity contribution in [3.63, 3.8) is 0 Å². The molecule has 2 aliphatic heterocycles. The Labute approximate surface area is 111 Å². The Morgan fingerprint density at radius 1 is 1.17 bits per heavy atom. The average Bonchev–Trinajstić information content (AvgIpc) is 2.51. The van der Waals surface area contributed by atoms with Crippen molar-refractivity contribution in [3.05, 3.63) is 0 Å². The van der Waals surface area contributed by atoms with Crippen molar-refractivity contribution in [2.75, 3.05) is 37.7 Å². The van der Waals surface area contributed by atoms with Gasteiger partial charge >= 0.3 is 0 Å². The van der Waals surface area contributed by atoms with Gasteiger partial charge in [0, 0.05) is 18.6 Å². The lowest BCUT2D eigenvalue weighted by Crippen LogP contribution is -2.54. The third-order valence-electron chi connectivity index (χ3n) is 4.30. The van der Waals surface area contributed by atoms with E-state index in [0.29, 0.717) is 23.3 Å². The van der Waals surface area contributed by atoms with Crippen LogP contribution in [0.1, 0.15) is 27.2 Å². The minimum absolute atomic E-state index is 0.140. The van der Waals surface area contributed by atoms with Crippen LogP contribution in [-0.4, -0.2) is 56.5 Å². The summed E-state index contributed by atoms with van der Waals surface area (Å²) in [6.07, 6.45) is 0.794. The van der Waals surface area contributed by atoms with Gasteiger partial charge in [-0.25, -0.2) is 8.42 Å². The van der Waals surface area contributed by atoms with Gasteiger partial charge in [-0.05, 0) is 38.3 Å². The van der Waals surface area contributed by atoms with Gasteiger partial charge in [0.2, 0.25) is 0 Å². The molecule has 1 N–H and O–H groups in total. The van der Waals surface area contributed by atoms with E-state index in [4.69, 9.17) is 0 Å². The van der Waals surface area contributed by atoms with Crippen molar-refractivity contribution in [1.29, 1.82) is 0 Å². The van der Waals surface area contributed by atoms with Crippen LogP contribution in [0, 0.1) is 11.8 Å². The molecule has 0 aliphatic carbocycles. The first-order valence-corrected chi connectivity index (χ1v) is 8.79. The van der Waals surface area contributed by atoms with Gasteiger partial charge in [-0.3, -0.25) is 4.90 Å². The SMILES string of the molecule is CC1CNCC(C)CN(C2(C)CCS(=O)(=O)C2)C1. The van der Waals surface area contributed by atoms with E-state index in [9.17, 15) is 8.42 Å². The van der Waals surface area contributed by atoms with Gasteiger partial charge in [-0.15, -0.1) is 0 Å². The van der Waals surface area contributed by atoms with Gasteiger partial charge in [-0.2, -0.15) is 0 Å². The predicted octanol–water partition coefficient (Wildman–Crippen LogP) is 0.741. The van der Waals surface area contributed by atoms with E-state index in [0.717, 1.165) is 32.6 Å². The van der Waals surface area contributed by atoms with Crippen molar-refractivity contribution in [2.45, 2.75) is 32.7 Å². The Morgan fingerprint density at radius 2 is 1.72 bits per heavy atom. The van der Waals surface area contributed by atoms with Crippen LogP contribution in [0.5, 0.6) is 0 Å². The van der Waals surface area contributed by atoms with Gasteiger partial charge < -0.3 is 5.32 Å². The van der Waals surface area contributed by atoms with Gasteiger partial charge in [0.1, 0.15) is 0 Å². The quantitative estimate of drug-likeness (QED) is 0.766. The molecule has 106 valence electrons. The fourth-order valence-corrected chi connectivity index (χ4v) is 5.39. The molecule has 0 bridgehead atoms. The Bertz CT molecular complexity index is 384. The molecule has 0 aromatic carbocycles. The topological polar surface area (TPSA) is 49.4 Å². The highest BCUT2D eigenvalue weighted by Crippen LogP contribution is 2.31. The van der Waals surface area contributed by atoms with Gasteiger partial charge in [0.15, 0.2) is 9.84 Å². The molecule has 4 nitrogen and oxygen atoms in total. The highest BCUT2D eigenvalue weighted by atomic mass is 32.2. The normalized spacial score (nSPS) is 42.4. The third-order valence-corrected chi connectivity index (χ3v) is 6.18. The summed E-state index contributed by atoms with van der Waals surface area (Å²) in [5, 5.41) is 3.48. The summed E-state index contributed by atoms with van der Waals surface area (Å²) in [6.45, 7) is 10.7. The number of rotatable bonds is 1. The highest BCUT2D eigenvalue weighted by molar-refractivity contribution is 7.91. The second-order valence-corrected chi connectivity index (χ2v) is 8.80. The maximum atomic E-state index is 11.8. The van der Waals surface area contributed by atoms with Crippen molar-refractivity contribution in [1.82, 2.24) is 10.2 Å². The number of nitrogens with one attached hydrogen (secondary N) is 1. The lowest BCUT2D eigenvalue weighted by Gasteiger charge is -2.42. The number of nitrogens with zero attached hydrogens (tertiary/aromatic N) is 1. The number of hydrogen-bond acceptors (Lipinski definition) is 4. The van der Waals surface area contributed by atoms with Gasteiger partial charge in [0.25, 0.3) is 0 Å². The van der Waals surface area contributed by atoms with Crippen molar-refractivity contribution >= 4 is 9.84 Å². The molecule has 3 unspecified atom stereocenters. The van der Waals surface area contributed by atoms with E-state index in [2.05, 4.69) is 31.0 Å². The molecule has 0 saturated carbocycles. The molecule has 0 radical (unpaired) electrons. The van der Waals surface area contributed by atoms with Crippen LogP contribution in [0.2, 0.25) is 0 Å². The van der Waals surface area contributed by atoms with Gasteiger partial charge in [-0.1, -0.05) is 13.8 Å². The predicted molar refractivity (Wildman–Crippen MR) is 74.4 cm³/mol. The first-order chi connectivity index (χ1) is 8.31. The maximum Gasteiger partial charge on any atom is 0.152 e. The number of hydrogen-bond donors (Lipinski definition) is 1. The summed E-state index contributed by atoms with van der Waals surface area (Å²) in [7, 11) is -2.82. The van der Waals surface area contributed by atoms with E-state index in [-0.39, 0.29) is 5.54 Å². The minimum Gasteiger partial charge on any atom is -0.316 e. The molecular weight excluding hydrogens is 248 g/mol. The molecule has 2 fully saturated rings. The Morgan fingerprint density at radius 3 is 2.17 bits per heavy atom. The highest BCUT2D eigenvalue weighted by Gasteiger charge is 2.43. The Kier molecular flexibility index (Phi) is 4.04. The average molecular weight is 274 g/mol. The maximum absolute atomic E-state index is 11.8. The molecule has 0 aromatic heterocycles. The molecular formula is C13H26N2O2S. The van der Waals surface area contributed by atoms with Crippen LogP contribution in [-0.2, 0) is 9.84 Å². The smallest absolute Gasteiger partial charge is 0.152 e. The second kappa shape index (κ2) is 5.10. The van der Waals surface area contributed by atoms with Crippen LogP contribution in [0.3, 0.4) is 0 Å². The van der Waals surface area contributed by atoms with E-state index >= 15 is 0 Å². The molecule has 0 amide bonds. The molecule has 3 atom stereocenters. The lowest BCUT2D eigenvalue weighted by atomic mass is 9.94. The van der Waals surface area contributed by atoms with Crippen LogP contribution in [0.4, 0.5) is 0 Å². The molecule has 5 heteroatoms. The van der Waals surface area contributed by atoms with Gasteiger partial charge in [0.05, 0.1) is 11.5 Å². The van der Waals surface area contributed by atoms with E-state index < -0.39 is 9.84 Å². The molecule has 2 heterocycles. The van der Waals surface area contributed by atoms with Crippen molar-refractivity contribution < 1.29 is 8.42 Å². The summed E-state index contributed by atoms with van der Waals surface area (Å²) in [5.41, 5.74) is -0.140. The number of sulfone groups is 1. The summed E-state index contributed by atoms with van der Waals surface area (Å²) >= 11 is 0. The van der Waals surface area contributed by atoms with Crippen LogP contribution in [0.25, 0.3) is 0 Å². The summed E-state index contributed by atoms with van der Waals surface area (Å²) < 4.78 is 23.5. The molecule has 2 rings (SSSR count). The van der Waals surface area contributed by atoms with E-state index in [1.165, 1.54) is 0 Å². The lowest BCUT2D eigenvalue weighted by molar-refractivity contribution is 0.0798. The molecule has 2 saturated heterocycles. The standard InChI is InChI=1S/C13H26N2O2S/c1-11-6-14-7-12(2)9-15(8-11)13(3)4-5-18(16,17)10-13/h11-12,14H,4-10H2,1-3H3. The summed E-state index contributed by atoms with van der Waals surface area (Å²) in [5.74, 6) is 1.86. The fourth-order valence-electron chi connectivity index (χ4n) is 3.22. The molecule has 2 aliphatic rings. The zero-order valence-corrected chi connectivity index (χ0v) is 12.6. The van der Waals surface area contributed by atoms with Crippen molar-refractivity contribution in [2.24, 2.45) is 11.8 Å². The zero-order valence-electron chi connectivity index (χ0n) is 11.8. The van der Waals surface area contributed by atoms with E-state index in [1.54, 1.807) is 0 Å². The second-order valence-electron chi connectivity index (χ2n) is 6.61. The monoisotopic (exact) mass is 274 g/mol. The fraction of sp³-hybridized carbons (Fsp3) is 1.00. The Hall–Kier alpha value is -0.130. The van der Waals surface area contributed by atoms with Crippen molar-refractivity contribution in [3.8, 4) is 0 Å². The van der Waals surface area contributed by atoms with E-state index in [1.807, 2.05) is 0 Å². The molecule has 0 spiro atoms. The third kappa shape index (κ3) is 3.25. The minimum atomic E-state index is -2.82. The molecule has 18 heavy (non-hydrogen) atoms. The first-order valence-electron chi connectivity index (χ1n) is 6.97. The summed E-state index contributed by atoms with van der Waals surface area (Å²) in [6, 6.07) is 0. The van der Waals surface area contributed by atoms with Crippen LogP contribution in [0.15, 0.2) is 0 Å². The Balaban J connectivity index is 2.13. The molecule has 0 aromatic rings.